The zero-order valence-corrected chi connectivity index (χ0v) is 15.0. The molecule has 2 aromatic rings. The van der Waals surface area contributed by atoms with E-state index in [0.29, 0.717) is 32.9 Å². The van der Waals surface area contributed by atoms with E-state index in [4.69, 9.17) is 37.4 Å². The second-order valence-corrected chi connectivity index (χ2v) is 5.66. The first-order chi connectivity index (χ1) is 11.5. The molecule has 24 heavy (non-hydrogen) atoms. The number of amides is 1. The number of carbonyl (C=O) groups excluding carboxylic acids is 1. The SMILES string of the molecule is COc1cc(CNC(=O)c2ccc(Cl)c(Cl)c2)cc(OC)c1OC. The van der Waals surface area contributed by atoms with Gasteiger partial charge in [0.05, 0.1) is 31.4 Å². The van der Waals surface area contributed by atoms with Gasteiger partial charge in [0, 0.05) is 12.1 Å². The Hall–Kier alpha value is -2.11. The summed E-state index contributed by atoms with van der Waals surface area (Å²) in [6.45, 7) is 0.287. The molecule has 1 amide bonds. The molecular weight excluding hydrogens is 353 g/mol. The largest absolute Gasteiger partial charge is 0.493 e. The van der Waals surface area contributed by atoms with Gasteiger partial charge in [0.15, 0.2) is 11.5 Å². The summed E-state index contributed by atoms with van der Waals surface area (Å²) in [6, 6.07) is 8.26. The highest BCUT2D eigenvalue weighted by atomic mass is 35.5. The molecule has 1 N–H and O–H groups in total. The Bertz CT molecular complexity index is 724. The van der Waals surface area contributed by atoms with Crippen molar-refractivity contribution >= 4 is 29.1 Å². The van der Waals surface area contributed by atoms with Gasteiger partial charge in [0.1, 0.15) is 0 Å². The van der Waals surface area contributed by atoms with E-state index in [9.17, 15) is 4.79 Å². The van der Waals surface area contributed by atoms with E-state index in [1.807, 2.05) is 0 Å². The summed E-state index contributed by atoms with van der Waals surface area (Å²) in [6.07, 6.45) is 0. The van der Waals surface area contributed by atoms with Crippen molar-refractivity contribution < 1.29 is 19.0 Å². The maximum atomic E-state index is 12.2. The molecule has 0 bridgehead atoms. The smallest absolute Gasteiger partial charge is 0.251 e. The van der Waals surface area contributed by atoms with Crippen molar-refractivity contribution in [3.05, 3.63) is 51.5 Å². The molecule has 0 atom stereocenters. The molecule has 2 rings (SSSR count). The molecule has 0 spiro atoms. The lowest BCUT2D eigenvalue weighted by molar-refractivity contribution is 0.0951. The highest BCUT2D eigenvalue weighted by Crippen LogP contribution is 2.38. The second kappa shape index (κ2) is 8.13. The molecule has 0 aliphatic carbocycles. The van der Waals surface area contributed by atoms with E-state index in [-0.39, 0.29) is 12.5 Å². The molecule has 0 saturated heterocycles. The van der Waals surface area contributed by atoms with Crippen LogP contribution in [0.5, 0.6) is 17.2 Å². The lowest BCUT2D eigenvalue weighted by Gasteiger charge is -2.14. The fourth-order valence-electron chi connectivity index (χ4n) is 2.16. The van der Waals surface area contributed by atoms with Gasteiger partial charge in [-0.3, -0.25) is 4.79 Å². The highest BCUT2D eigenvalue weighted by Gasteiger charge is 2.14. The maximum absolute atomic E-state index is 12.2. The zero-order chi connectivity index (χ0) is 17.7. The number of benzene rings is 2. The molecule has 2 aromatic carbocycles. The van der Waals surface area contributed by atoms with Crippen LogP contribution in [0.25, 0.3) is 0 Å². The summed E-state index contributed by atoms with van der Waals surface area (Å²) in [5.41, 5.74) is 1.23. The number of methoxy groups -OCH3 is 3. The van der Waals surface area contributed by atoms with E-state index in [1.165, 1.54) is 27.4 Å². The summed E-state index contributed by atoms with van der Waals surface area (Å²) in [4.78, 5) is 12.2. The Balaban J connectivity index is 2.16. The van der Waals surface area contributed by atoms with Crippen LogP contribution in [0.4, 0.5) is 0 Å². The third kappa shape index (κ3) is 4.04. The summed E-state index contributed by atoms with van der Waals surface area (Å²) in [5, 5.41) is 3.54. The van der Waals surface area contributed by atoms with Gasteiger partial charge < -0.3 is 19.5 Å². The van der Waals surface area contributed by atoms with Crippen LogP contribution < -0.4 is 19.5 Å². The third-order valence-corrected chi connectivity index (χ3v) is 4.10. The third-order valence-electron chi connectivity index (χ3n) is 3.36. The summed E-state index contributed by atoms with van der Waals surface area (Å²) < 4.78 is 15.8. The van der Waals surface area contributed by atoms with Crippen molar-refractivity contribution in [1.82, 2.24) is 5.32 Å². The molecular formula is C17H17Cl2NO4. The number of hydrogen-bond donors (Lipinski definition) is 1. The van der Waals surface area contributed by atoms with Gasteiger partial charge in [-0.25, -0.2) is 0 Å². The fourth-order valence-corrected chi connectivity index (χ4v) is 2.46. The van der Waals surface area contributed by atoms with Gasteiger partial charge in [-0.15, -0.1) is 0 Å². The van der Waals surface area contributed by atoms with Crippen LogP contribution in [0.2, 0.25) is 10.0 Å². The van der Waals surface area contributed by atoms with Crippen molar-refractivity contribution in [2.45, 2.75) is 6.54 Å². The highest BCUT2D eigenvalue weighted by molar-refractivity contribution is 6.42. The average Bonchev–Trinajstić information content (AvgIpc) is 2.60. The molecule has 0 aliphatic heterocycles. The number of carbonyl (C=O) groups is 1. The first kappa shape index (κ1) is 18.2. The Kier molecular flexibility index (Phi) is 6.17. The van der Waals surface area contributed by atoms with Crippen molar-refractivity contribution in [3.8, 4) is 17.2 Å². The van der Waals surface area contributed by atoms with Gasteiger partial charge in [-0.05, 0) is 35.9 Å². The van der Waals surface area contributed by atoms with Crippen LogP contribution in [0.15, 0.2) is 30.3 Å². The number of nitrogens with one attached hydrogen (secondary N) is 1. The predicted molar refractivity (Wildman–Crippen MR) is 93.7 cm³/mol. The fraction of sp³-hybridized carbons (Fsp3) is 0.235. The maximum Gasteiger partial charge on any atom is 0.251 e. The van der Waals surface area contributed by atoms with E-state index >= 15 is 0 Å². The zero-order valence-electron chi connectivity index (χ0n) is 13.5. The first-order valence-corrected chi connectivity index (χ1v) is 7.77. The summed E-state index contributed by atoms with van der Waals surface area (Å²) in [5.74, 6) is 1.29. The van der Waals surface area contributed by atoms with E-state index < -0.39 is 0 Å². The molecule has 0 radical (unpaired) electrons. The Morgan fingerprint density at radius 2 is 1.58 bits per heavy atom. The van der Waals surface area contributed by atoms with Crippen LogP contribution in [0.3, 0.4) is 0 Å². The number of rotatable bonds is 6. The number of ether oxygens (including phenoxy) is 3. The minimum Gasteiger partial charge on any atom is -0.493 e. The van der Waals surface area contributed by atoms with E-state index in [2.05, 4.69) is 5.32 Å². The topological polar surface area (TPSA) is 56.8 Å². The Morgan fingerprint density at radius 3 is 2.08 bits per heavy atom. The molecule has 0 heterocycles. The second-order valence-electron chi connectivity index (χ2n) is 4.85. The Morgan fingerprint density at radius 1 is 0.958 bits per heavy atom. The first-order valence-electron chi connectivity index (χ1n) is 7.02. The minimum atomic E-state index is -0.262. The molecule has 0 unspecified atom stereocenters. The van der Waals surface area contributed by atoms with Gasteiger partial charge in [0.2, 0.25) is 5.75 Å². The van der Waals surface area contributed by atoms with Crippen LogP contribution in [-0.2, 0) is 6.54 Å². The summed E-state index contributed by atoms with van der Waals surface area (Å²) in [7, 11) is 4.61. The lowest BCUT2D eigenvalue weighted by Crippen LogP contribution is -2.22. The van der Waals surface area contributed by atoms with Gasteiger partial charge in [0.25, 0.3) is 5.91 Å². The molecule has 0 saturated carbocycles. The van der Waals surface area contributed by atoms with Crippen molar-refractivity contribution in [3.63, 3.8) is 0 Å². The van der Waals surface area contributed by atoms with E-state index in [0.717, 1.165) is 5.56 Å². The number of halogens is 2. The molecule has 0 aliphatic rings. The van der Waals surface area contributed by atoms with Gasteiger partial charge >= 0.3 is 0 Å². The molecule has 7 heteroatoms. The molecule has 128 valence electrons. The van der Waals surface area contributed by atoms with Crippen LogP contribution in [0.1, 0.15) is 15.9 Å². The molecule has 0 fully saturated rings. The lowest BCUT2D eigenvalue weighted by atomic mass is 10.1. The monoisotopic (exact) mass is 369 g/mol. The van der Waals surface area contributed by atoms with Crippen molar-refractivity contribution in [2.24, 2.45) is 0 Å². The minimum absolute atomic E-state index is 0.262. The average molecular weight is 370 g/mol. The number of hydrogen-bond acceptors (Lipinski definition) is 4. The standard InChI is InChI=1S/C17H17Cl2NO4/c1-22-14-6-10(7-15(23-2)16(14)24-3)9-20-17(21)11-4-5-12(18)13(19)8-11/h4-8H,9H2,1-3H3,(H,20,21). The predicted octanol–water partition coefficient (Wildman–Crippen LogP) is 3.95. The van der Waals surface area contributed by atoms with E-state index in [1.54, 1.807) is 24.3 Å². The van der Waals surface area contributed by atoms with Crippen LogP contribution in [-0.4, -0.2) is 27.2 Å². The molecule has 0 aromatic heterocycles. The van der Waals surface area contributed by atoms with Gasteiger partial charge in [-0.1, -0.05) is 23.2 Å². The van der Waals surface area contributed by atoms with Crippen LogP contribution in [0, 0.1) is 0 Å². The normalized spacial score (nSPS) is 10.2. The van der Waals surface area contributed by atoms with Crippen molar-refractivity contribution in [2.75, 3.05) is 21.3 Å². The Labute approximate surface area is 150 Å². The van der Waals surface area contributed by atoms with Crippen molar-refractivity contribution in [1.29, 1.82) is 0 Å². The molecule has 5 nitrogen and oxygen atoms in total. The quantitative estimate of drug-likeness (QED) is 0.837. The summed E-state index contributed by atoms with van der Waals surface area (Å²) >= 11 is 11.8. The van der Waals surface area contributed by atoms with Gasteiger partial charge in [-0.2, -0.15) is 0 Å². The van der Waals surface area contributed by atoms with Crippen LogP contribution >= 0.6 is 23.2 Å².